The van der Waals surface area contributed by atoms with Crippen LogP contribution in [0.4, 0.5) is 4.39 Å². The lowest BCUT2D eigenvalue weighted by Gasteiger charge is -2.25. The fraction of sp³-hybridized carbons (Fsp3) is 0.625. The standard InChI is InChI=1S/C16H22FNS/c17-14-8-6-13(7-9-14)16(12-4-5-12)18-11-15-3-1-2-10-19-15/h6-9,12,15-16,18H,1-5,10-11H2. The van der Waals surface area contributed by atoms with E-state index in [-0.39, 0.29) is 5.82 Å². The van der Waals surface area contributed by atoms with Crippen molar-refractivity contribution in [2.75, 3.05) is 12.3 Å². The summed E-state index contributed by atoms with van der Waals surface area (Å²) in [6, 6.07) is 7.49. The van der Waals surface area contributed by atoms with Gasteiger partial charge in [-0.2, -0.15) is 11.8 Å². The van der Waals surface area contributed by atoms with Crippen LogP contribution in [-0.2, 0) is 0 Å². The first kappa shape index (κ1) is 13.4. The third kappa shape index (κ3) is 3.73. The van der Waals surface area contributed by atoms with Crippen LogP contribution in [0.1, 0.15) is 43.7 Å². The number of hydrogen-bond acceptors (Lipinski definition) is 2. The fourth-order valence-electron chi connectivity index (χ4n) is 2.88. The van der Waals surface area contributed by atoms with E-state index in [1.165, 1.54) is 43.4 Å². The summed E-state index contributed by atoms with van der Waals surface area (Å²) in [7, 11) is 0. The molecular formula is C16H22FNS. The largest absolute Gasteiger partial charge is 0.309 e. The first-order valence-corrected chi connectivity index (χ1v) is 8.48. The molecule has 1 aromatic rings. The first-order valence-electron chi connectivity index (χ1n) is 7.43. The van der Waals surface area contributed by atoms with Gasteiger partial charge in [-0.3, -0.25) is 0 Å². The average Bonchev–Trinajstić information content (AvgIpc) is 3.27. The Morgan fingerprint density at radius 3 is 2.58 bits per heavy atom. The van der Waals surface area contributed by atoms with Gasteiger partial charge in [-0.1, -0.05) is 18.6 Å². The maximum atomic E-state index is 13.0. The quantitative estimate of drug-likeness (QED) is 0.869. The number of nitrogens with one attached hydrogen (secondary N) is 1. The highest BCUT2D eigenvalue weighted by Crippen LogP contribution is 2.41. The molecule has 1 aliphatic heterocycles. The molecule has 1 heterocycles. The molecule has 1 aliphatic carbocycles. The second-order valence-corrected chi connectivity index (χ2v) is 7.17. The number of halogens is 1. The molecule has 1 aromatic carbocycles. The zero-order valence-electron chi connectivity index (χ0n) is 11.3. The van der Waals surface area contributed by atoms with Crippen LogP contribution < -0.4 is 5.32 Å². The van der Waals surface area contributed by atoms with Gasteiger partial charge in [0.15, 0.2) is 0 Å². The summed E-state index contributed by atoms with van der Waals surface area (Å²) in [5, 5.41) is 4.52. The Labute approximate surface area is 119 Å². The van der Waals surface area contributed by atoms with Gasteiger partial charge < -0.3 is 5.32 Å². The van der Waals surface area contributed by atoms with Crippen molar-refractivity contribution >= 4 is 11.8 Å². The smallest absolute Gasteiger partial charge is 0.123 e. The van der Waals surface area contributed by atoms with Crippen molar-refractivity contribution in [3.63, 3.8) is 0 Å². The van der Waals surface area contributed by atoms with Gasteiger partial charge in [-0.15, -0.1) is 0 Å². The molecule has 0 bridgehead atoms. The Morgan fingerprint density at radius 2 is 1.95 bits per heavy atom. The second kappa shape index (κ2) is 6.27. The summed E-state index contributed by atoms with van der Waals surface area (Å²) in [4.78, 5) is 0. The van der Waals surface area contributed by atoms with Gasteiger partial charge in [0.25, 0.3) is 0 Å². The highest BCUT2D eigenvalue weighted by atomic mass is 32.2. The molecule has 3 rings (SSSR count). The van der Waals surface area contributed by atoms with Crippen molar-refractivity contribution in [1.29, 1.82) is 0 Å². The SMILES string of the molecule is Fc1ccc(C(NCC2CCCCS2)C2CC2)cc1. The Bertz CT molecular complexity index is 396. The molecule has 104 valence electrons. The highest BCUT2D eigenvalue weighted by molar-refractivity contribution is 7.99. The van der Waals surface area contributed by atoms with Crippen molar-refractivity contribution in [2.45, 2.75) is 43.4 Å². The summed E-state index contributed by atoms with van der Waals surface area (Å²) in [5.41, 5.74) is 1.25. The highest BCUT2D eigenvalue weighted by Gasteiger charge is 2.32. The fourth-order valence-corrected chi connectivity index (χ4v) is 4.13. The van der Waals surface area contributed by atoms with Crippen LogP contribution in [0.5, 0.6) is 0 Å². The summed E-state index contributed by atoms with van der Waals surface area (Å²) in [6.07, 6.45) is 6.73. The minimum atomic E-state index is -0.138. The van der Waals surface area contributed by atoms with Crippen LogP contribution in [0.3, 0.4) is 0 Å². The summed E-state index contributed by atoms with van der Waals surface area (Å²) in [6.45, 7) is 1.10. The van der Waals surface area contributed by atoms with Gasteiger partial charge in [0, 0.05) is 17.8 Å². The molecule has 0 amide bonds. The monoisotopic (exact) mass is 279 g/mol. The number of benzene rings is 1. The van der Waals surface area contributed by atoms with Crippen molar-refractivity contribution in [3.05, 3.63) is 35.6 Å². The second-order valence-electron chi connectivity index (χ2n) is 5.76. The lowest BCUT2D eigenvalue weighted by Crippen LogP contribution is -2.31. The van der Waals surface area contributed by atoms with Crippen molar-refractivity contribution in [1.82, 2.24) is 5.32 Å². The molecule has 2 aliphatic rings. The zero-order valence-corrected chi connectivity index (χ0v) is 12.1. The lowest BCUT2D eigenvalue weighted by atomic mass is 10.0. The maximum absolute atomic E-state index is 13.0. The average molecular weight is 279 g/mol. The molecule has 2 fully saturated rings. The first-order chi connectivity index (χ1) is 9.33. The van der Waals surface area contributed by atoms with E-state index in [4.69, 9.17) is 0 Å². The van der Waals surface area contributed by atoms with Crippen LogP contribution in [0.25, 0.3) is 0 Å². The zero-order chi connectivity index (χ0) is 13.1. The van der Waals surface area contributed by atoms with E-state index in [9.17, 15) is 4.39 Å². The number of hydrogen-bond donors (Lipinski definition) is 1. The molecule has 0 radical (unpaired) electrons. The molecule has 19 heavy (non-hydrogen) atoms. The predicted molar refractivity (Wildman–Crippen MR) is 80.0 cm³/mol. The van der Waals surface area contributed by atoms with E-state index in [2.05, 4.69) is 17.1 Å². The van der Waals surface area contributed by atoms with Gasteiger partial charge in [0.1, 0.15) is 5.82 Å². The molecule has 1 saturated heterocycles. The van der Waals surface area contributed by atoms with Crippen LogP contribution in [-0.4, -0.2) is 17.5 Å². The third-order valence-electron chi connectivity index (χ3n) is 4.16. The van der Waals surface area contributed by atoms with Gasteiger partial charge in [0.2, 0.25) is 0 Å². The molecule has 0 spiro atoms. The molecule has 1 nitrogen and oxygen atoms in total. The van der Waals surface area contributed by atoms with E-state index in [0.717, 1.165) is 17.7 Å². The Kier molecular flexibility index (Phi) is 4.44. The van der Waals surface area contributed by atoms with Crippen molar-refractivity contribution in [2.24, 2.45) is 5.92 Å². The molecule has 2 atom stereocenters. The Balaban J connectivity index is 1.59. The van der Waals surface area contributed by atoms with Crippen molar-refractivity contribution < 1.29 is 4.39 Å². The van der Waals surface area contributed by atoms with Gasteiger partial charge in [-0.25, -0.2) is 4.39 Å². The molecule has 1 saturated carbocycles. The van der Waals surface area contributed by atoms with Gasteiger partial charge in [-0.05, 0) is 55.1 Å². The molecule has 0 aromatic heterocycles. The van der Waals surface area contributed by atoms with Crippen LogP contribution in [0, 0.1) is 11.7 Å². The van der Waals surface area contributed by atoms with Crippen molar-refractivity contribution in [3.8, 4) is 0 Å². The van der Waals surface area contributed by atoms with E-state index in [1.807, 2.05) is 12.1 Å². The van der Waals surface area contributed by atoms with E-state index in [1.54, 1.807) is 12.1 Å². The number of rotatable bonds is 5. The van der Waals surface area contributed by atoms with E-state index >= 15 is 0 Å². The topological polar surface area (TPSA) is 12.0 Å². The summed E-state index contributed by atoms with van der Waals surface area (Å²) < 4.78 is 13.0. The van der Waals surface area contributed by atoms with Crippen LogP contribution in [0.2, 0.25) is 0 Å². The minimum absolute atomic E-state index is 0.138. The molecular weight excluding hydrogens is 257 g/mol. The third-order valence-corrected chi connectivity index (χ3v) is 5.56. The molecule has 1 N–H and O–H groups in total. The van der Waals surface area contributed by atoms with Gasteiger partial charge in [0.05, 0.1) is 0 Å². The van der Waals surface area contributed by atoms with E-state index < -0.39 is 0 Å². The predicted octanol–water partition coefficient (Wildman–Crippen LogP) is 4.15. The van der Waals surface area contributed by atoms with Crippen LogP contribution >= 0.6 is 11.8 Å². The summed E-state index contributed by atoms with van der Waals surface area (Å²) in [5.74, 6) is 1.94. The minimum Gasteiger partial charge on any atom is -0.309 e. The van der Waals surface area contributed by atoms with E-state index in [0.29, 0.717) is 6.04 Å². The number of thioether (sulfide) groups is 1. The Hall–Kier alpha value is -0.540. The normalized spacial score (nSPS) is 25.2. The Morgan fingerprint density at radius 1 is 1.16 bits per heavy atom. The van der Waals surface area contributed by atoms with Crippen LogP contribution in [0.15, 0.2) is 24.3 Å². The lowest BCUT2D eigenvalue weighted by molar-refractivity contribution is 0.468. The summed E-state index contributed by atoms with van der Waals surface area (Å²) >= 11 is 2.11. The molecule has 3 heteroatoms. The van der Waals surface area contributed by atoms with Gasteiger partial charge >= 0.3 is 0 Å². The molecule has 2 unspecified atom stereocenters. The maximum Gasteiger partial charge on any atom is 0.123 e.